The van der Waals surface area contributed by atoms with Crippen LogP contribution < -0.4 is 15.3 Å². The third-order valence-electron chi connectivity index (χ3n) is 3.12. The number of fused-ring (bicyclic) bond motifs is 1. The molecular weight excluding hydrogens is 263 g/mol. The number of carbonyl (C=O) groups excluding carboxylic acids is 1. The number of ether oxygens (including phenoxy) is 2. The molecular formula is C12H10F3NO3. The number of methoxy groups -OCH3 is 2. The summed E-state index contributed by atoms with van der Waals surface area (Å²) in [4.78, 5) is 14.9. The monoisotopic (exact) mass is 273 g/mol. The highest BCUT2D eigenvalue weighted by molar-refractivity contribution is 5.81. The minimum atomic E-state index is -1.78. The van der Waals surface area contributed by atoms with Gasteiger partial charge in [-0.25, -0.2) is 13.8 Å². The van der Waals surface area contributed by atoms with Crippen molar-refractivity contribution < 1.29 is 27.4 Å². The molecule has 0 aromatic heterocycles. The lowest BCUT2D eigenvalue weighted by atomic mass is 10.1. The molecule has 0 aliphatic carbocycles. The van der Waals surface area contributed by atoms with Gasteiger partial charge in [-0.3, -0.25) is 4.79 Å². The lowest BCUT2D eigenvalue weighted by Gasteiger charge is -2.18. The lowest BCUT2D eigenvalue weighted by molar-refractivity contribution is -0.121. The van der Waals surface area contributed by atoms with Crippen molar-refractivity contribution in [1.29, 1.82) is 0 Å². The molecule has 7 heteroatoms. The summed E-state index contributed by atoms with van der Waals surface area (Å²) in [6, 6.07) is 0. The smallest absolute Gasteiger partial charge is 0.239 e. The highest BCUT2D eigenvalue weighted by Crippen LogP contribution is 2.26. The van der Waals surface area contributed by atoms with Gasteiger partial charge in [0.05, 0.1) is 12.3 Å². The van der Waals surface area contributed by atoms with E-state index in [1.807, 2.05) is 0 Å². The largest absolute Gasteiger partial charge is 0.493 e. The molecule has 0 saturated carbocycles. The Bertz CT molecular complexity index is 687. The van der Waals surface area contributed by atoms with Crippen molar-refractivity contribution in [1.82, 2.24) is 0 Å². The fraction of sp³-hybridized carbons (Fsp3) is 0.333. The van der Waals surface area contributed by atoms with Crippen LogP contribution in [0.4, 0.5) is 13.2 Å². The number of carbonyl (C=O) groups is 1. The van der Waals surface area contributed by atoms with Gasteiger partial charge in [0.1, 0.15) is 5.36 Å². The van der Waals surface area contributed by atoms with E-state index in [1.54, 1.807) is 0 Å². The van der Waals surface area contributed by atoms with Crippen molar-refractivity contribution in [3.63, 3.8) is 0 Å². The molecule has 1 aromatic rings. The fourth-order valence-electron chi connectivity index (χ4n) is 2.06. The van der Waals surface area contributed by atoms with Crippen LogP contribution in [-0.2, 0) is 9.53 Å². The van der Waals surface area contributed by atoms with Gasteiger partial charge in [-0.05, 0) is 6.92 Å². The van der Waals surface area contributed by atoms with Crippen molar-refractivity contribution in [2.24, 2.45) is 4.99 Å². The van der Waals surface area contributed by atoms with Gasteiger partial charge >= 0.3 is 0 Å². The molecule has 0 N–H and O–H groups in total. The van der Waals surface area contributed by atoms with E-state index in [0.29, 0.717) is 6.29 Å². The van der Waals surface area contributed by atoms with Gasteiger partial charge in [-0.2, -0.15) is 4.39 Å². The molecule has 1 atom stereocenters. The quantitative estimate of drug-likeness (QED) is 0.593. The highest BCUT2D eigenvalue weighted by atomic mass is 19.2. The van der Waals surface area contributed by atoms with Crippen LogP contribution in [-0.4, -0.2) is 26.2 Å². The third-order valence-corrected chi connectivity index (χ3v) is 3.12. The fourth-order valence-corrected chi connectivity index (χ4v) is 2.06. The number of halogens is 3. The van der Waals surface area contributed by atoms with E-state index in [1.165, 1.54) is 14.0 Å². The van der Waals surface area contributed by atoms with E-state index < -0.39 is 34.3 Å². The van der Waals surface area contributed by atoms with Crippen molar-refractivity contribution in [3.05, 3.63) is 28.0 Å². The average Bonchev–Trinajstić information content (AvgIpc) is 2.72. The standard InChI is InChI=1S/C12H10F3NO3/c1-5-6-10(16-12(5,4-17)19-3)8(14)7(13)9(15)11(6)18-2/h4H,1-3H3. The summed E-state index contributed by atoms with van der Waals surface area (Å²) >= 11 is 0. The van der Waals surface area contributed by atoms with Gasteiger partial charge in [0, 0.05) is 12.7 Å². The first-order valence-corrected chi connectivity index (χ1v) is 5.26. The van der Waals surface area contributed by atoms with E-state index in [2.05, 4.69) is 4.99 Å². The van der Waals surface area contributed by atoms with Crippen molar-refractivity contribution in [2.75, 3.05) is 14.2 Å². The maximum Gasteiger partial charge on any atom is 0.239 e. The van der Waals surface area contributed by atoms with Crippen molar-refractivity contribution in [3.8, 4) is 5.75 Å². The molecule has 0 saturated heterocycles. The van der Waals surface area contributed by atoms with Crippen LogP contribution in [0.5, 0.6) is 5.75 Å². The van der Waals surface area contributed by atoms with Crippen LogP contribution in [0.3, 0.4) is 0 Å². The molecule has 2 rings (SSSR count). The molecule has 0 fully saturated rings. The number of rotatable bonds is 3. The Labute approximate surface area is 106 Å². The van der Waals surface area contributed by atoms with Crippen LogP contribution in [0.25, 0.3) is 5.57 Å². The predicted molar refractivity (Wildman–Crippen MR) is 58.5 cm³/mol. The molecule has 4 nitrogen and oxygen atoms in total. The Kier molecular flexibility index (Phi) is 3.09. The molecule has 102 valence electrons. The number of hydrogen-bond donors (Lipinski definition) is 0. The Balaban J connectivity index is 3.05. The maximum atomic E-state index is 13.7. The van der Waals surface area contributed by atoms with Gasteiger partial charge in [0.25, 0.3) is 0 Å². The van der Waals surface area contributed by atoms with E-state index in [9.17, 15) is 18.0 Å². The second kappa shape index (κ2) is 4.34. The van der Waals surface area contributed by atoms with Crippen molar-refractivity contribution in [2.45, 2.75) is 12.6 Å². The Morgan fingerprint density at radius 3 is 2.26 bits per heavy atom. The Hall–Kier alpha value is -1.89. The predicted octanol–water partition coefficient (Wildman–Crippen LogP) is 0.458. The summed E-state index contributed by atoms with van der Waals surface area (Å²) in [5.74, 6) is -5.15. The third kappa shape index (κ3) is 1.58. The molecule has 0 amide bonds. The van der Waals surface area contributed by atoms with Gasteiger partial charge in [0.15, 0.2) is 17.9 Å². The minimum absolute atomic E-state index is 0.104. The second-order valence-electron chi connectivity index (χ2n) is 3.95. The summed E-state index contributed by atoms with van der Waals surface area (Å²) < 4.78 is 50.4. The van der Waals surface area contributed by atoms with E-state index in [0.717, 1.165) is 7.11 Å². The zero-order chi connectivity index (χ0) is 14.4. The average molecular weight is 273 g/mol. The maximum absolute atomic E-state index is 13.7. The summed E-state index contributed by atoms with van der Waals surface area (Å²) in [5, 5.41) is -0.588. The van der Waals surface area contributed by atoms with Crippen LogP contribution in [0, 0.1) is 17.5 Å². The minimum Gasteiger partial charge on any atom is -0.493 e. The van der Waals surface area contributed by atoms with Crippen LogP contribution >= 0.6 is 0 Å². The number of nitrogens with zero attached hydrogens (tertiary/aromatic N) is 1. The molecule has 19 heavy (non-hydrogen) atoms. The first-order valence-electron chi connectivity index (χ1n) is 5.26. The summed E-state index contributed by atoms with van der Waals surface area (Å²) in [5.41, 5.74) is -1.65. The van der Waals surface area contributed by atoms with Gasteiger partial charge in [0.2, 0.25) is 17.4 Å². The molecule has 0 bridgehead atoms. The summed E-state index contributed by atoms with van der Waals surface area (Å²) in [7, 11) is 2.29. The van der Waals surface area contributed by atoms with Gasteiger partial charge < -0.3 is 9.47 Å². The molecule has 1 aliphatic heterocycles. The van der Waals surface area contributed by atoms with E-state index in [-0.39, 0.29) is 10.8 Å². The molecule has 0 spiro atoms. The molecule has 1 unspecified atom stereocenters. The van der Waals surface area contributed by atoms with Crippen LogP contribution in [0.1, 0.15) is 6.92 Å². The van der Waals surface area contributed by atoms with E-state index >= 15 is 0 Å². The van der Waals surface area contributed by atoms with E-state index in [4.69, 9.17) is 9.47 Å². The zero-order valence-corrected chi connectivity index (χ0v) is 10.4. The summed E-state index contributed by atoms with van der Waals surface area (Å²) in [6.07, 6.45) is 0.330. The Morgan fingerprint density at radius 2 is 1.79 bits per heavy atom. The Morgan fingerprint density at radius 1 is 1.16 bits per heavy atom. The van der Waals surface area contributed by atoms with Gasteiger partial charge in [-0.1, -0.05) is 0 Å². The zero-order valence-electron chi connectivity index (χ0n) is 10.4. The number of aldehydes is 1. The molecule has 0 radical (unpaired) electrons. The first kappa shape index (κ1) is 13.5. The topological polar surface area (TPSA) is 47.9 Å². The number of benzene rings is 1. The van der Waals surface area contributed by atoms with Crippen LogP contribution in [0.2, 0.25) is 0 Å². The SMILES string of the molecule is COc1c(F)c(F)c(F)c2c1=C(C)C(C=O)(OC)N=2. The highest BCUT2D eigenvalue weighted by Gasteiger charge is 2.38. The lowest BCUT2D eigenvalue weighted by Crippen LogP contribution is -2.32. The first-order chi connectivity index (χ1) is 8.93. The molecule has 1 heterocycles. The second-order valence-corrected chi connectivity index (χ2v) is 3.95. The van der Waals surface area contributed by atoms with Gasteiger partial charge in [-0.15, -0.1) is 0 Å². The van der Waals surface area contributed by atoms with Crippen LogP contribution in [0.15, 0.2) is 4.99 Å². The van der Waals surface area contributed by atoms with Crippen molar-refractivity contribution >= 4 is 11.9 Å². The normalized spacial score (nSPS) is 21.1. The molecule has 1 aromatic carbocycles. The summed E-state index contributed by atoms with van der Waals surface area (Å²) in [6.45, 7) is 1.41. The molecule has 1 aliphatic rings. The number of hydrogen-bond acceptors (Lipinski definition) is 4.